The van der Waals surface area contributed by atoms with Crippen LogP contribution in [0.3, 0.4) is 0 Å². The van der Waals surface area contributed by atoms with Crippen molar-refractivity contribution in [2.24, 2.45) is 5.10 Å². The normalized spacial score (nSPS) is 12.7. The summed E-state index contributed by atoms with van der Waals surface area (Å²) in [6.45, 7) is 0.225. The molecule has 1 aliphatic rings. The maximum Gasteiger partial charge on any atom is 0.271 e. The predicted molar refractivity (Wildman–Crippen MR) is 134 cm³/mol. The van der Waals surface area contributed by atoms with Gasteiger partial charge in [0.25, 0.3) is 5.91 Å². The Labute approximate surface area is 210 Å². The number of ether oxygens (including phenoxy) is 2. The van der Waals surface area contributed by atoms with Crippen LogP contribution in [0, 0.1) is 0 Å². The second-order valence-corrected chi connectivity index (χ2v) is 10.5. The van der Waals surface area contributed by atoms with Crippen molar-refractivity contribution in [2.45, 2.75) is 6.54 Å². The van der Waals surface area contributed by atoms with Crippen LogP contribution in [0.1, 0.15) is 21.5 Å². The van der Waals surface area contributed by atoms with E-state index in [1.165, 1.54) is 22.7 Å². The number of amides is 1. The molecule has 0 spiro atoms. The van der Waals surface area contributed by atoms with E-state index >= 15 is 0 Å². The molecule has 8 nitrogen and oxygen atoms in total. The van der Waals surface area contributed by atoms with Gasteiger partial charge in [0, 0.05) is 20.6 Å². The van der Waals surface area contributed by atoms with Gasteiger partial charge in [0.15, 0.2) is 11.5 Å². The van der Waals surface area contributed by atoms with E-state index in [0.717, 1.165) is 10.7 Å². The molecule has 1 aliphatic heterocycles. The van der Waals surface area contributed by atoms with E-state index in [0.29, 0.717) is 38.9 Å². The third-order valence-electron chi connectivity index (χ3n) is 4.95. The molecule has 4 rings (SSSR count). The first kappa shape index (κ1) is 24.1. The minimum Gasteiger partial charge on any atom is -0.454 e. The summed E-state index contributed by atoms with van der Waals surface area (Å²) in [5, 5.41) is 4.47. The molecule has 1 amide bonds. The largest absolute Gasteiger partial charge is 0.454 e. The number of sulfonamides is 1. The first-order valence-corrected chi connectivity index (χ1v) is 13.0. The molecule has 1 heterocycles. The highest BCUT2D eigenvalue weighted by Gasteiger charge is 2.20. The molecule has 0 unspecified atom stereocenters. The molecule has 0 atom stereocenters. The number of carbonyl (C=O) groups is 1. The van der Waals surface area contributed by atoms with Gasteiger partial charge >= 0.3 is 0 Å². The third kappa shape index (κ3) is 5.52. The van der Waals surface area contributed by atoms with Crippen molar-refractivity contribution < 1.29 is 22.7 Å². The highest BCUT2D eigenvalue weighted by atomic mass is 79.9. The first-order chi connectivity index (χ1) is 16.2. The average molecular weight is 565 g/mol. The molecule has 0 saturated carbocycles. The van der Waals surface area contributed by atoms with Crippen LogP contribution in [0.2, 0.25) is 5.02 Å². The van der Waals surface area contributed by atoms with Crippen LogP contribution in [-0.4, -0.2) is 33.6 Å². The lowest BCUT2D eigenvalue weighted by molar-refractivity contribution is 0.0955. The maximum absolute atomic E-state index is 12.5. The number of hydrogen-bond acceptors (Lipinski definition) is 6. The zero-order chi connectivity index (χ0) is 24.3. The van der Waals surface area contributed by atoms with Crippen LogP contribution in [0.25, 0.3) is 0 Å². The molecule has 0 aliphatic carbocycles. The summed E-state index contributed by atoms with van der Waals surface area (Å²) in [6.07, 6.45) is 2.60. The molecule has 11 heteroatoms. The number of rotatable bonds is 7. The Hall–Kier alpha value is -3.08. The first-order valence-electron chi connectivity index (χ1n) is 9.96. The fourth-order valence-electron chi connectivity index (χ4n) is 3.22. The molecule has 0 aromatic heterocycles. The number of halogens is 2. The van der Waals surface area contributed by atoms with Gasteiger partial charge in [0.05, 0.1) is 24.7 Å². The standard InChI is InChI=1S/C23H19BrClN3O5S/c1-34(30,31)28(13-16-4-2-3-5-20(16)25)18-8-6-15(7-9-18)23(29)27-26-12-17-10-21-22(11-19(17)24)33-14-32-21/h2-12H,13-14H2,1H3,(H,27,29)/b26-12-. The number of carbonyl (C=O) groups excluding carboxylic acids is 1. The Morgan fingerprint density at radius 2 is 1.82 bits per heavy atom. The van der Waals surface area contributed by atoms with Crippen LogP contribution in [0.5, 0.6) is 11.5 Å². The van der Waals surface area contributed by atoms with Gasteiger partial charge in [-0.25, -0.2) is 13.8 Å². The highest BCUT2D eigenvalue weighted by molar-refractivity contribution is 9.10. The van der Waals surface area contributed by atoms with Gasteiger partial charge in [-0.2, -0.15) is 5.10 Å². The van der Waals surface area contributed by atoms with Crippen molar-refractivity contribution >= 4 is 55.4 Å². The minimum absolute atomic E-state index is 0.0682. The van der Waals surface area contributed by atoms with Gasteiger partial charge in [0.1, 0.15) is 0 Å². The number of hydrazone groups is 1. The number of hydrogen-bond donors (Lipinski definition) is 1. The van der Waals surface area contributed by atoms with Crippen molar-refractivity contribution in [1.29, 1.82) is 0 Å². The van der Waals surface area contributed by atoms with Crippen LogP contribution in [0.4, 0.5) is 5.69 Å². The molecule has 0 saturated heterocycles. The van der Waals surface area contributed by atoms with E-state index in [4.69, 9.17) is 21.1 Å². The van der Waals surface area contributed by atoms with Gasteiger partial charge in [-0.3, -0.25) is 9.10 Å². The van der Waals surface area contributed by atoms with Gasteiger partial charge in [-0.05, 0) is 64.0 Å². The molecule has 0 radical (unpaired) electrons. The Kier molecular flexibility index (Phi) is 7.11. The van der Waals surface area contributed by atoms with Gasteiger partial charge < -0.3 is 9.47 Å². The Morgan fingerprint density at radius 1 is 1.15 bits per heavy atom. The minimum atomic E-state index is -3.59. The smallest absolute Gasteiger partial charge is 0.271 e. The zero-order valence-corrected chi connectivity index (χ0v) is 21.0. The summed E-state index contributed by atoms with van der Waals surface area (Å²) in [6, 6.07) is 16.7. The second kappa shape index (κ2) is 10.0. The van der Waals surface area contributed by atoms with Crippen LogP contribution in [0.15, 0.2) is 70.2 Å². The molecule has 0 bridgehead atoms. The summed E-state index contributed by atoms with van der Waals surface area (Å²) in [5.41, 5.74) is 4.55. The average Bonchev–Trinajstić information content (AvgIpc) is 3.25. The fourth-order valence-corrected chi connectivity index (χ4v) is 4.72. The van der Waals surface area contributed by atoms with Crippen molar-refractivity contribution in [1.82, 2.24) is 5.43 Å². The monoisotopic (exact) mass is 563 g/mol. The van der Waals surface area contributed by atoms with E-state index in [-0.39, 0.29) is 13.3 Å². The van der Waals surface area contributed by atoms with E-state index in [1.54, 1.807) is 48.5 Å². The molecular weight excluding hydrogens is 546 g/mol. The van der Waals surface area contributed by atoms with Gasteiger partial charge in [-0.1, -0.05) is 29.8 Å². The molecule has 1 N–H and O–H groups in total. The topological polar surface area (TPSA) is 97.3 Å². The second-order valence-electron chi connectivity index (χ2n) is 7.33. The summed E-state index contributed by atoms with van der Waals surface area (Å²) in [5.74, 6) is 0.779. The van der Waals surface area contributed by atoms with Crippen molar-refractivity contribution in [3.8, 4) is 11.5 Å². The number of nitrogens with one attached hydrogen (secondary N) is 1. The highest BCUT2D eigenvalue weighted by Crippen LogP contribution is 2.36. The zero-order valence-electron chi connectivity index (χ0n) is 17.9. The molecule has 34 heavy (non-hydrogen) atoms. The van der Waals surface area contributed by atoms with Crippen LogP contribution >= 0.6 is 27.5 Å². The number of benzene rings is 3. The SMILES string of the molecule is CS(=O)(=O)N(Cc1ccccc1Cl)c1ccc(C(=O)N/N=C\c2cc3c(cc2Br)OCO3)cc1. The molecule has 3 aromatic carbocycles. The summed E-state index contributed by atoms with van der Waals surface area (Å²) in [7, 11) is -3.59. The summed E-state index contributed by atoms with van der Waals surface area (Å²) in [4.78, 5) is 12.5. The van der Waals surface area contributed by atoms with E-state index < -0.39 is 15.9 Å². The fraction of sp³-hybridized carbons (Fsp3) is 0.130. The van der Waals surface area contributed by atoms with Gasteiger partial charge in [0.2, 0.25) is 16.8 Å². The van der Waals surface area contributed by atoms with Crippen molar-refractivity contribution in [3.63, 3.8) is 0 Å². The van der Waals surface area contributed by atoms with E-state index in [9.17, 15) is 13.2 Å². The molecular formula is C23H19BrClN3O5S. The van der Waals surface area contributed by atoms with Crippen LogP contribution < -0.4 is 19.2 Å². The number of nitrogens with zero attached hydrogens (tertiary/aromatic N) is 2. The number of anilines is 1. The lowest BCUT2D eigenvalue weighted by atomic mass is 10.2. The molecule has 176 valence electrons. The van der Waals surface area contributed by atoms with E-state index in [2.05, 4.69) is 26.5 Å². The quantitative estimate of drug-likeness (QED) is 0.335. The molecule has 3 aromatic rings. The van der Waals surface area contributed by atoms with Gasteiger partial charge in [-0.15, -0.1) is 0 Å². The Balaban J connectivity index is 1.46. The Bertz CT molecular complexity index is 1360. The molecule has 0 fully saturated rings. The van der Waals surface area contributed by atoms with Crippen molar-refractivity contribution in [3.05, 3.63) is 86.8 Å². The lowest BCUT2D eigenvalue weighted by Gasteiger charge is -2.23. The number of fused-ring (bicyclic) bond motifs is 1. The van der Waals surface area contributed by atoms with Crippen LogP contribution in [-0.2, 0) is 16.6 Å². The predicted octanol–water partition coefficient (Wildman–Crippen LogP) is 4.56. The van der Waals surface area contributed by atoms with E-state index in [1.807, 2.05) is 0 Å². The maximum atomic E-state index is 12.5. The summed E-state index contributed by atoms with van der Waals surface area (Å²) >= 11 is 9.62. The third-order valence-corrected chi connectivity index (χ3v) is 7.15. The van der Waals surface area contributed by atoms with Crippen molar-refractivity contribution in [2.75, 3.05) is 17.4 Å². The Morgan fingerprint density at radius 3 is 2.50 bits per heavy atom. The summed E-state index contributed by atoms with van der Waals surface area (Å²) < 4.78 is 37.4. The lowest BCUT2D eigenvalue weighted by Crippen LogP contribution is -2.29.